The number of nitrogens with one attached hydrogen (secondary N) is 1. The van der Waals surface area contributed by atoms with Crippen LogP contribution in [0.4, 0.5) is 17.3 Å². The zero-order chi connectivity index (χ0) is 13.8. The van der Waals surface area contributed by atoms with Gasteiger partial charge in [0.25, 0.3) is 0 Å². The molecule has 0 radical (unpaired) electrons. The third-order valence-corrected chi connectivity index (χ3v) is 3.40. The van der Waals surface area contributed by atoms with Gasteiger partial charge in [-0.1, -0.05) is 18.2 Å². The molecule has 1 aliphatic rings. The molecule has 3 rings (SSSR count). The molecular formula is C15H18N4O. The molecule has 1 fully saturated rings. The van der Waals surface area contributed by atoms with Gasteiger partial charge in [-0.15, -0.1) is 0 Å². The van der Waals surface area contributed by atoms with Gasteiger partial charge < -0.3 is 15.0 Å². The Morgan fingerprint density at radius 1 is 1.15 bits per heavy atom. The number of nitrogens with zero attached hydrogens (tertiary/aromatic N) is 3. The Kier molecular flexibility index (Phi) is 3.78. The van der Waals surface area contributed by atoms with Crippen LogP contribution in [0.5, 0.6) is 0 Å². The highest BCUT2D eigenvalue weighted by molar-refractivity contribution is 5.62. The Hall–Kier alpha value is -2.14. The standard InChI is InChI=1S/C15H18N4O/c1-12-4-2-3-5-13(12)18-14-10-15(17-11-16-14)19-6-8-20-9-7-19/h2-5,10-11H,6-9H2,1H3,(H,16,17,18). The van der Waals surface area contributed by atoms with Crippen LogP contribution in [0.3, 0.4) is 0 Å². The van der Waals surface area contributed by atoms with Crippen molar-refractivity contribution in [1.29, 1.82) is 0 Å². The number of hydrogen-bond acceptors (Lipinski definition) is 5. The Labute approximate surface area is 118 Å². The van der Waals surface area contributed by atoms with E-state index in [1.165, 1.54) is 5.56 Å². The first kappa shape index (κ1) is 12.9. The summed E-state index contributed by atoms with van der Waals surface area (Å²) >= 11 is 0. The fourth-order valence-electron chi connectivity index (χ4n) is 2.23. The quantitative estimate of drug-likeness (QED) is 0.928. The molecule has 0 unspecified atom stereocenters. The molecule has 0 atom stereocenters. The topological polar surface area (TPSA) is 50.3 Å². The van der Waals surface area contributed by atoms with Crippen molar-refractivity contribution in [3.05, 3.63) is 42.2 Å². The lowest BCUT2D eigenvalue weighted by atomic mass is 10.2. The van der Waals surface area contributed by atoms with Crippen LogP contribution in [0.2, 0.25) is 0 Å². The summed E-state index contributed by atoms with van der Waals surface area (Å²) in [5.74, 6) is 1.76. The van der Waals surface area contributed by atoms with Crippen LogP contribution in [-0.2, 0) is 4.74 Å². The summed E-state index contributed by atoms with van der Waals surface area (Å²) in [5, 5.41) is 3.34. The highest BCUT2D eigenvalue weighted by Gasteiger charge is 2.13. The maximum absolute atomic E-state index is 5.36. The molecule has 1 aliphatic heterocycles. The molecule has 1 saturated heterocycles. The largest absolute Gasteiger partial charge is 0.378 e. The van der Waals surface area contributed by atoms with Crippen LogP contribution in [0.1, 0.15) is 5.56 Å². The van der Waals surface area contributed by atoms with Crippen molar-refractivity contribution in [2.45, 2.75) is 6.92 Å². The summed E-state index contributed by atoms with van der Waals surface area (Å²) in [5.41, 5.74) is 2.26. The third-order valence-electron chi connectivity index (χ3n) is 3.40. The monoisotopic (exact) mass is 270 g/mol. The number of aryl methyl sites for hydroxylation is 1. The molecule has 5 heteroatoms. The van der Waals surface area contributed by atoms with E-state index in [9.17, 15) is 0 Å². The van der Waals surface area contributed by atoms with Crippen molar-refractivity contribution in [3.63, 3.8) is 0 Å². The number of benzene rings is 1. The lowest BCUT2D eigenvalue weighted by Gasteiger charge is -2.27. The molecule has 5 nitrogen and oxygen atoms in total. The van der Waals surface area contributed by atoms with Gasteiger partial charge in [0.05, 0.1) is 13.2 Å². The Morgan fingerprint density at radius 2 is 1.95 bits per heavy atom. The number of morpholine rings is 1. The second-order valence-electron chi connectivity index (χ2n) is 4.80. The van der Waals surface area contributed by atoms with Gasteiger partial charge in [0.1, 0.15) is 18.0 Å². The van der Waals surface area contributed by atoms with E-state index >= 15 is 0 Å². The molecule has 20 heavy (non-hydrogen) atoms. The van der Waals surface area contributed by atoms with Crippen LogP contribution < -0.4 is 10.2 Å². The van der Waals surface area contributed by atoms with E-state index in [2.05, 4.69) is 33.2 Å². The van der Waals surface area contributed by atoms with E-state index in [1.807, 2.05) is 24.3 Å². The molecule has 1 N–H and O–H groups in total. The van der Waals surface area contributed by atoms with E-state index in [0.717, 1.165) is 43.6 Å². The van der Waals surface area contributed by atoms with Gasteiger partial charge in [-0.3, -0.25) is 0 Å². The van der Waals surface area contributed by atoms with Gasteiger partial charge in [-0.05, 0) is 18.6 Å². The number of rotatable bonds is 3. The SMILES string of the molecule is Cc1ccccc1Nc1cc(N2CCOCC2)ncn1. The van der Waals surface area contributed by atoms with Gasteiger partial charge in [-0.2, -0.15) is 0 Å². The minimum Gasteiger partial charge on any atom is -0.378 e. The fourth-order valence-corrected chi connectivity index (χ4v) is 2.23. The van der Waals surface area contributed by atoms with Crippen LogP contribution in [0, 0.1) is 6.92 Å². The Balaban J connectivity index is 1.79. The van der Waals surface area contributed by atoms with Crippen molar-refractivity contribution in [3.8, 4) is 0 Å². The smallest absolute Gasteiger partial charge is 0.135 e. The zero-order valence-electron chi connectivity index (χ0n) is 11.5. The van der Waals surface area contributed by atoms with Crippen LogP contribution in [-0.4, -0.2) is 36.3 Å². The summed E-state index contributed by atoms with van der Waals surface area (Å²) in [6.07, 6.45) is 1.60. The maximum atomic E-state index is 5.36. The molecule has 0 spiro atoms. The first-order chi connectivity index (χ1) is 9.83. The van der Waals surface area contributed by atoms with Crippen LogP contribution in [0.25, 0.3) is 0 Å². The van der Waals surface area contributed by atoms with Crippen molar-refractivity contribution in [2.75, 3.05) is 36.5 Å². The van der Waals surface area contributed by atoms with Crippen molar-refractivity contribution >= 4 is 17.3 Å². The van der Waals surface area contributed by atoms with Gasteiger partial charge >= 0.3 is 0 Å². The zero-order valence-corrected chi connectivity index (χ0v) is 11.5. The van der Waals surface area contributed by atoms with Gasteiger partial charge in [-0.25, -0.2) is 9.97 Å². The molecule has 0 amide bonds. The van der Waals surface area contributed by atoms with Crippen molar-refractivity contribution in [2.24, 2.45) is 0 Å². The lowest BCUT2D eigenvalue weighted by molar-refractivity contribution is 0.122. The van der Waals surface area contributed by atoms with E-state index < -0.39 is 0 Å². The van der Waals surface area contributed by atoms with Crippen molar-refractivity contribution in [1.82, 2.24) is 9.97 Å². The average molecular weight is 270 g/mol. The average Bonchev–Trinajstić information content (AvgIpc) is 2.51. The first-order valence-electron chi connectivity index (χ1n) is 6.80. The minimum atomic E-state index is 0.755. The molecule has 1 aromatic carbocycles. The predicted molar refractivity (Wildman–Crippen MR) is 79.5 cm³/mol. The summed E-state index contributed by atoms with van der Waals surface area (Å²) in [6.45, 7) is 5.34. The number of hydrogen-bond donors (Lipinski definition) is 1. The fraction of sp³-hybridized carbons (Fsp3) is 0.333. The molecule has 2 heterocycles. The summed E-state index contributed by atoms with van der Waals surface area (Å²) in [4.78, 5) is 10.9. The summed E-state index contributed by atoms with van der Waals surface area (Å²) in [7, 11) is 0. The van der Waals surface area contributed by atoms with E-state index in [0.29, 0.717) is 0 Å². The van der Waals surface area contributed by atoms with Gasteiger partial charge in [0.2, 0.25) is 0 Å². The third kappa shape index (κ3) is 2.88. The predicted octanol–water partition coefficient (Wildman–Crippen LogP) is 2.37. The molecule has 0 aliphatic carbocycles. The molecule has 0 saturated carbocycles. The highest BCUT2D eigenvalue weighted by atomic mass is 16.5. The maximum Gasteiger partial charge on any atom is 0.135 e. The Morgan fingerprint density at radius 3 is 2.75 bits per heavy atom. The lowest BCUT2D eigenvalue weighted by Crippen LogP contribution is -2.36. The summed E-state index contributed by atoms with van der Waals surface area (Å²) < 4.78 is 5.36. The van der Waals surface area contributed by atoms with Crippen molar-refractivity contribution < 1.29 is 4.74 Å². The normalized spacial score (nSPS) is 15.2. The molecular weight excluding hydrogens is 252 g/mol. The highest BCUT2D eigenvalue weighted by Crippen LogP contribution is 2.21. The number of anilines is 3. The molecule has 2 aromatic rings. The molecule has 1 aromatic heterocycles. The number of ether oxygens (including phenoxy) is 1. The number of para-hydroxylation sites is 1. The second-order valence-corrected chi connectivity index (χ2v) is 4.80. The van der Waals surface area contributed by atoms with Gasteiger partial charge in [0.15, 0.2) is 0 Å². The first-order valence-corrected chi connectivity index (χ1v) is 6.80. The Bertz CT molecular complexity index is 582. The van der Waals surface area contributed by atoms with Crippen LogP contribution in [0.15, 0.2) is 36.7 Å². The molecule has 0 bridgehead atoms. The van der Waals surface area contributed by atoms with Crippen LogP contribution >= 0.6 is 0 Å². The van der Waals surface area contributed by atoms with E-state index in [1.54, 1.807) is 6.33 Å². The van der Waals surface area contributed by atoms with Gasteiger partial charge in [0, 0.05) is 24.8 Å². The number of aromatic nitrogens is 2. The second kappa shape index (κ2) is 5.88. The van der Waals surface area contributed by atoms with E-state index in [4.69, 9.17) is 4.74 Å². The minimum absolute atomic E-state index is 0.755. The van der Waals surface area contributed by atoms with E-state index in [-0.39, 0.29) is 0 Å². The summed E-state index contributed by atoms with van der Waals surface area (Å²) in [6, 6.07) is 10.1. The molecule has 104 valence electrons.